The second-order valence-electron chi connectivity index (χ2n) is 4.66. The minimum Gasteiger partial charge on any atom is -0.330 e. The van der Waals surface area contributed by atoms with Crippen molar-refractivity contribution in [1.82, 2.24) is 10.3 Å². The number of rotatable bonds is 6. The second-order valence-corrected chi connectivity index (χ2v) is 4.66. The van der Waals surface area contributed by atoms with Crippen molar-refractivity contribution in [1.29, 1.82) is 0 Å². The monoisotopic (exact) mass is 221 g/mol. The summed E-state index contributed by atoms with van der Waals surface area (Å²) in [7, 11) is 0. The molecule has 0 fully saturated rings. The molecule has 0 bridgehead atoms. The van der Waals surface area contributed by atoms with Gasteiger partial charge in [0.15, 0.2) is 0 Å². The molecule has 90 valence electrons. The quantitative estimate of drug-likeness (QED) is 0.772. The smallest absolute Gasteiger partial charge is 0.0315 e. The summed E-state index contributed by atoms with van der Waals surface area (Å²) in [4.78, 5) is 4.12. The minimum atomic E-state index is 0.335. The van der Waals surface area contributed by atoms with Crippen LogP contribution in [0.1, 0.15) is 32.4 Å². The molecule has 0 aromatic carbocycles. The Kier molecular flexibility index (Phi) is 5.43. The van der Waals surface area contributed by atoms with Gasteiger partial charge in [0.2, 0.25) is 0 Å². The summed E-state index contributed by atoms with van der Waals surface area (Å²) in [5.41, 5.74) is 6.97. The van der Waals surface area contributed by atoms with Crippen molar-refractivity contribution in [3.05, 3.63) is 30.1 Å². The number of nitrogens with one attached hydrogen (secondary N) is 1. The van der Waals surface area contributed by atoms with Gasteiger partial charge in [0.05, 0.1) is 0 Å². The standard InChI is InChI=1S/C13H23N3/c1-10(2)13(7-14)9-16-11(3)12-5-4-6-15-8-12/h4-6,8,10-11,13,16H,7,9,14H2,1-3H3/t11-,13?/m1/s1. The Morgan fingerprint density at radius 1 is 1.38 bits per heavy atom. The fourth-order valence-electron chi connectivity index (χ4n) is 1.67. The molecule has 16 heavy (non-hydrogen) atoms. The fourth-order valence-corrected chi connectivity index (χ4v) is 1.67. The van der Waals surface area contributed by atoms with Crippen molar-refractivity contribution in [3.63, 3.8) is 0 Å². The van der Waals surface area contributed by atoms with E-state index in [2.05, 4.69) is 37.1 Å². The van der Waals surface area contributed by atoms with Crippen LogP contribution < -0.4 is 11.1 Å². The van der Waals surface area contributed by atoms with Gasteiger partial charge in [0.1, 0.15) is 0 Å². The molecule has 0 aliphatic carbocycles. The molecule has 0 spiro atoms. The third-order valence-corrected chi connectivity index (χ3v) is 3.12. The highest BCUT2D eigenvalue weighted by molar-refractivity contribution is 5.12. The van der Waals surface area contributed by atoms with E-state index in [0.717, 1.165) is 13.1 Å². The van der Waals surface area contributed by atoms with Crippen molar-refractivity contribution in [2.24, 2.45) is 17.6 Å². The number of pyridine rings is 1. The Balaban J connectivity index is 2.43. The Labute approximate surface area is 98.5 Å². The van der Waals surface area contributed by atoms with Gasteiger partial charge in [-0.2, -0.15) is 0 Å². The highest BCUT2D eigenvalue weighted by Crippen LogP contribution is 2.13. The highest BCUT2D eigenvalue weighted by atomic mass is 14.9. The van der Waals surface area contributed by atoms with Crippen molar-refractivity contribution in [2.75, 3.05) is 13.1 Å². The summed E-state index contributed by atoms with van der Waals surface area (Å²) in [6, 6.07) is 4.40. The third kappa shape index (κ3) is 3.91. The van der Waals surface area contributed by atoms with Crippen LogP contribution in [0.3, 0.4) is 0 Å². The Morgan fingerprint density at radius 2 is 2.12 bits per heavy atom. The molecule has 1 rings (SSSR count). The van der Waals surface area contributed by atoms with Crippen LogP contribution in [0.4, 0.5) is 0 Å². The summed E-state index contributed by atoms with van der Waals surface area (Å²) >= 11 is 0. The van der Waals surface area contributed by atoms with Crippen LogP contribution in [0, 0.1) is 11.8 Å². The first-order valence-electron chi connectivity index (χ1n) is 5.98. The average molecular weight is 221 g/mol. The van der Waals surface area contributed by atoms with Crippen LogP contribution in [-0.2, 0) is 0 Å². The van der Waals surface area contributed by atoms with E-state index < -0.39 is 0 Å². The molecule has 1 heterocycles. The molecule has 1 aromatic rings. The minimum absolute atomic E-state index is 0.335. The topological polar surface area (TPSA) is 50.9 Å². The van der Waals surface area contributed by atoms with Crippen LogP contribution in [0.5, 0.6) is 0 Å². The summed E-state index contributed by atoms with van der Waals surface area (Å²) in [6.07, 6.45) is 3.71. The molecule has 2 atom stereocenters. The van der Waals surface area contributed by atoms with Crippen LogP contribution in [0.2, 0.25) is 0 Å². The second kappa shape index (κ2) is 6.61. The molecule has 1 aromatic heterocycles. The van der Waals surface area contributed by atoms with Crippen molar-refractivity contribution in [2.45, 2.75) is 26.8 Å². The number of aromatic nitrogens is 1. The molecule has 3 N–H and O–H groups in total. The lowest BCUT2D eigenvalue weighted by Gasteiger charge is -2.22. The van der Waals surface area contributed by atoms with Gasteiger partial charge in [-0.3, -0.25) is 4.98 Å². The van der Waals surface area contributed by atoms with Gasteiger partial charge in [-0.15, -0.1) is 0 Å². The third-order valence-electron chi connectivity index (χ3n) is 3.12. The molecule has 0 aliphatic rings. The molecule has 0 saturated heterocycles. The van der Waals surface area contributed by atoms with Gasteiger partial charge < -0.3 is 11.1 Å². The van der Waals surface area contributed by atoms with Gasteiger partial charge in [0.25, 0.3) is 0 Å². The van der Waals surface area contributed by atoms with Gasteiger partial charge in [-0.05, 0) is 43.5 Å². The fraction of sp³-hybridized carbons (Fsp3) is 0.615. The lowest BCUT2D eigenvalue weighted by atomic mass is 9.95. The average Bonchev–Trinajstić information content (AvgIpc) is 2.30. The van der Waals surface area contributed by atoms with E-state index in [4.69, 9.17) is 5.73 Å². The van der Waals surface area contributed by atoms with Gasteiger partial charge >= 0.3 is 0 Å². The normalized spacial score (nSPS) is 15.1. The predicted octanol–water partition coefficient (Wildman–Crippen LogP) is 1.96. The van der Waals surface area contributed by atoms with E-state index in [0.29, 0.717) is 17.9 Å². The maximum atomic E-state index is 5.75. The molecule has 0 amide bonds. The Bertz CT molecular complexity index is 284. The van der Waals surface area contributed by atoms with Crippen LogP contribution in [0.15, 0.2) is 24.5 Å². The van der Waals surface area contributed by atoms with E-state index in [1.165, 1.54) is 5.56 Å². The lowest BCUT2D eigenvalue weighted by Crippen LogP contribution is -2.33. The summed E-state index contributed by atoms with van der Waals surface area (Å²) in [5.74, 6) is 1.16. The van der Waals surface area contributed by atoms with Crippen LogP contribution in [-0.4, -0.2) is 18.1 Å². The zero-order valence-electron chi connectivity index (χ0n) is 10.5. The molecule has 3 heteroatoms. The zero-order valence-corrected chi connectivity index (χ0v) is 10.5. The maximum absolute atomic E-state index is 5.75. The Hall–Kier alpha value is -0.930. The van der Waals surface area contributed by atoms with E-state index in [1.54, 1.807) is 6.20 Å². The van der Waals surface area contributed by atoms with E-state index in [1.807, 2.05) is 12.3 Å². The zero-order chi connectivity index (χ0) is 12.0. The predicted molar refractivity (Wildman–Crippen MR) is 68.0 cm³/mol. The van der Waals surface area contributed by atoms with Crippen molar-refractivity contribution in [3.8, 4) is 0 Å². The first-order valence-corrected chi connectivity index (χ1v) is 5.98. The summed E-state index contributed by atoms with van der Waals surface area (Å²) in [6.45, 7) is 8.29. The van der Waals surface area contributed by atoms with E-state index in [9.17, 15) is 0 Å². The lowest BCUT2D eigenvalue weighted by molar-refractivity contribution is 0.356. The van der Waals surface area contributed by atoms with E-state index in [-0.39, 0.29) is 0 Å². The van der Waals surface area contributed by atoms with Gasteiger partial charge in [-0.1, -0.05) is 19.9 Å². The molecule has 0 aliphatic heterocycles. The molecule has 1 unspecified atom stereocenters. The van der Waals surface area contributed by atoms with Crippen molar-refractivity contribution < 1.29 is 0 Å². The first kappa shape index (κ1) is 13.1. The highest BCUT2D eigenvalue weighted by Gasteiger charge is 2.13. The maximum Gasteiger partial charge on any atom is 0.0315 e. The Morgan fingerprint density at radius 3 is 2.62 bits per heavy atom. The van der Waals surface area contributed by atoms with Crippen LogP contribution in [0.25, 0.3) is 0 Å². The summed E-state index contributed by atoms with van der Waals surface area (Å²) in [5, 5.41) is 3.51. The van der Waals surface area contributed by atoms with Crippen molar-refractivity contribution >= 4 is 0 Å². The van der Waals surface area contributed by atoms with E-state index >= 15 is 0 Å². The molecule has 0 saturated carbocycles. The SMILES string of the molecule is CC(C)C(CN)CN[C@H](C)c1cccnc1. The molecule has 0 radical (unpaired) electrons. The largest absolute Gasteiger partial charge is 0.330 e. The molecule has 3 nitrogen and oxygen atoms in total. The van der Waals surface area contributed by atoms with Gasteiger partial charge in [0, 0.05) is 18.4 Å². The molecular weight excluding hydrogens is 198 g/mol. The molecular formula is C13H23N3. The number of nitrogens with zero attached hydrogens (tertiary/aromatic N) is 1. The summed E-state index contributed by atoms with van der Waals surface area (Å²) < 4.78 is 0. The number of hydrogen-bond donors (Lipinski definition) is 2. The van der Waals surface area contributed by atoms with Gasteiger partial charge in [-0.25, -0.2) is 0 Å². The number of nitrogens with two attached hydrogens (primary N) is 1. The number of hydrogen-bond acceptors (Lipinski definition) is 3. The van der Waals surface area contributed by atoms with Crippen LogP contribution >= 0.6 is 0 Å². The first-order chi connectivity index (χ1) is 7.65.